The highest BCUT2D eigenvalue weighted by atomic mass is 16.3. The number of hydrogen-bond acceptors (Lipinski definition) is 10. The zero-order valence-electron chi connectivity index (χ0n) is 40.9. The van der Waals surface area contributed by atoms with Crippen molar-refractivity contribution >= 4 is 56.9 Å². The zero-order chi connectivity index (χ0) is 52.9. The number of carbonyl (C=O) groups is 7. The fraction of sp³-hybridized carbons (Fsp3) is 0.0769. The van der Waals surface area contributed by atoms with E-state index in [0.717, 1.165) is 33.0 Å². The van der Waals surface area contributed by atoms with E-state index < -0.39 is 5.41 Å². The highest BCUT2D eigenvalue weighted by molar-refractivity contribution is 6.31. The van der Waals surface area contributed by atoms with Crippen LogP contribution in [-0.4, -0.2) is 45.6 Å². The molecular formula is C65H44N2O8. The van der Waals surface area contributed by atoms with Crippen LogP contribution in [0.3, 0.4) is 0 Å². The summed E-state index contributed by atoms with van der Waals surface area (Å²) < 4.78 is 0. The van der Waals surface area contributed by atoms with E-state index in [1.54, 1.807) is 121 Å². The van der Waals surface area contributed by atoms with Crippen molar-refractivity contribution in [3.8, 4) is 22.9 Å². The average molecular weight is 981 g/mol. The summed E-state index contributed by atoms with van der Waals surface area (Å²) in [4.78, 5) is 87.0. The van der Waals surface area contributed by atoms with Crippen LogP contribution in [0.2, 0.25) is 0 Å². The minimum atomic E-state index is -0.588. The normalized spacial score (nSPS) is 13.1. The highest BCUT2D eigenvalue weighted by Gasteiger charge is 2.34. The van der Waals surface area contributed by atoms with E-state index in [-0.39, 0.29) is 46.2 Å². The molecule has 3 N–H and O–H groups in total. The van der Waals surface area contributed by atoms with Gasteiger partial charge in [0.25, 0.3) is 0 Å². The van der Waals surface area contributed by atoms with Crippen LogP contribution in [0.15, 0.2) is 182 Å². The lowest BCUT2D eigenvalue weighted by Crippen LogP contribution is -2.24. The monoisotopic (exact) mass is 980 g/mol. The summed E-state index contributed by atoms with van der Waals surface area (Å²) in [6, 6.07) is 55.2. The van der Waals surface area contributed by atoms with Gasteiger partial charge in [-0.15, -0.1) is 0 Å². The van der Waals surface area contributed by atoms with Gasteiger partial charge in [0, 0.05) is 83.4 Å². The smallest absolute Gasteiger partial charge is 0.196 e. The highest BCUT2D eigenvalue weighted by Crippen LogP contribution is 2.41. The lowest BCUT2D eigenvalue weighted by atomic mass is 9.78. The summed E-state index contributed by atoms with van der Waals surface area (Å²) in [7, 11) is 0. The first-order valence-electron chi connectivity index (χ1n) is 24.1. The van der Waals surface area contributed by atoms with Crippen LogP contribution in [0.25, 0.3) is 21.9 Å². The molecule has 9 aromatic rings. The number of nitrogen functional groups attached to an aromatic ring is 1. The molecule has 10 nitrogen and oxygen atoms in total. The number of carbonyl (C=O) groups excluding carboxylic acids is 7. The molecule has 4 aliphatic rings. The molecule has 0 spiro atoms. The Morgan fingerprint density at radius 1 is 0.413 bits per heavy atom. The molecule has 0 atom stereocenters. The van der Waals surface area contributed by atoms with Crippen LogP contribution in [-0.2, 0) is 6.42 Å². The SMILES string of the molecule is CC(C)(C#N)Cc1cccc2c1C(=O)c1ccccc1C2=O.Cc1cccc2c1C(=O)c1ccccc1C2=O.Nc1cccc2c1C(=O)c1ccccc1C2=O.O=C1c2ccccc2-c2cc(O)cc3cccc1c23. The van der Waals surface area contributed by atoms with Crippen molar-refractivity contribution in [3.05, 3.63) is 271 Å². The van der Waals surface area contributed by atoms with Crippen LogP contribution in [0, 0.1) is 23.7 Å². The number of nitrogens with two attached hydrogens (primary N) is 1. The number of fused-ring (bicyclic) bond motifs is 8. The zero-order valence-corrected chi connectivity index (χ0v) is 40.9. The van der Waals surface area contributed by atoms with Crippen molar-refractivity contribution in [1.82, 2.24) is 0 Å². The Morgan fingerprint density at radius 2 is 0.787 bits per heavy atom. The van der Waals surface area contributed by atoms with Crippen molar-refractivity contribution in [3.63, 3.8) is 0 Å². The molecule has 4 aliphatic carbocycles. The maximum atomic E-state index is 12.8. The number of aromatic hydroxyl groups is 1. The average Bonchev–Trinajstić information content (AvgIpc) is 3.42. The number of phenolic OH excluding ortho intramolecular Hbond substituents is 1. The second-order valence-electron chi connectivity index (χ2n) is 19.2. The molecule has 0 heterocycles. The molecule has 13 rings (SSSR count). The number of nitrogens with zero attached hydrogens (tertiary/aromatic N) is 1. The van der Waals surface area contributed by atoms with Gasteiger partial charge in [-0.3, -0.25) is 33.6 Å². The number of hydrogen-bond donors (Lipinski definition) is 2. The topological polar surface area (TPSA) is 190 Å². The minimum Gasteiger partial charge on any atom is -0.508 e. The fourth-order valence-corrected chi connectivity index (χ4v) is 10.2. The Balaban J connectivity index is 0.000000115. The number of rotatable bonds is 2. The van der Waals surface area contributed by atoms with Gasteiger partial charge in [0.2, 0.25) is 0 Å². The Morgan fingerprint density at radius 3 is 1.32 bits per heavy atom. The largest absolute Gasteiger partial charge is 0.508 e. The third-order valence-electron chi connectivity index (χ3n) is 13.8. The molecule has 0 unspecified atom stereocenters. The lowest BCUT2D eigenvalue weighted by molar-refractivity contribution is 0.0978. The minimum absolute atomic E-state index is 0.0479. The Bertz CT molecular complexity index is 3930. The van der Waals surface area contributed by atoms with Crippen molar-refractivity contribution < 1.29 is 38.7 Å². The second kappa shape index (κ2) is 19.2. The molecule has 10 heteroatoms. The van der Waals surface area contributed by atoms with E-state index in [9.17, 15) is 43.9 Å². The summed E-state index contributed by atoms with van der Waals surface area (Å²) in [5.41, 5.74) is 15.9. The number of benzene rings is 9. The molecule has 0 saturated heterocycles. The molecule has 0 radical (unpaired) electrons. The first kappa shape index (κ1) is 48.6. The summed E-state index contributed by atoms with van der Waals surface area (Å²) in [5.74, 6) is -0.387. The lowest BCUT2D eigenvalue weighted by Gasteiger charge is -2.23. The fourth-order valence-electron chi connectivity index (χ4n) is 10.2. The van der Waals surface area contributed by atoms with Crippen LogP contribution in [0.1, 0.15) is 136 Å². The summed E-state index contributed by atoms with van der Waals surface area (Å²) >= 11 is 0. The third-order valence-corrected chi connectivity index (χ3v) is 13.8. The van der Waals surface area contributed by atoms with Gasteiger partial charge in [0.05, 0.1) is 17.0 Å². The van der Waals surface area contributed by atoms with Crippen molar-refractivity contribution in [2.75, 3.05) is 5.73 Å². The van der Waals surface area contributed by atoms with E-state index in [4.69, 9.17) is 5.73 Å². The van der Waals surface area contributed by atoms with E-state index in [1.165, 1.54) is 0 Å². The van der Waals surface area contributed by atoms with Crippen molar-refractivity contribution in [2.24, 2.45) is 5.41 Å². The predicted octanol–water partition coefficient (Wildman–Crippen LogP) is 12.1. The van der Waals surface area contributed by atoms with Crippen molar-refractivity contribution in [1.29, 1.82) is 5.26 Å². The molecule has 0 bridgehead atoms. The number of aryl methyl sites for hydroxylation is 1. The van der Waals surface area contributed by atoms with E-state index in [0.29, 0.717) is 90.0 Å². The quantitative estimate of drug-likeness (QED) is 0.158. The molecule has 0 saturated carbocycles. The van der Waals surface area contributed by atoms with Gasteiger partial charge in [0.15, 0.2) is 40.5 Å². The third kappa shape index (κ3) is 8.52. The van der Waals surface area contributed by atoms with E-state index >= 15 is 0 Å². The van der Waals surface area contributed by atoms with Crippen LogP contribution >= 0.6 is 0 Å². The molecule has 75 heavy (non-hydrogen) atoms. The Hall–Kier alpha value is -9.98. The van der Waals surface area contributed by atoms with Crippen LogP contribution in [0.5, 0.6) is 5.75 Å². The maximum absolute atomic E-state index is 12.8. The number of nitriles is 1. The molecule has 0 aromatic heterocycles. The van der Waals surface area contributed by atoms with Gasteiger partial charge in [-0.05, 0) is 73.0 Å². The molecule has 0 aliphatic heterocycles. The standard InChI is InChI=1S/C19H15NO2.C17H10O2.C15H10O2.C14H9NO2/c1-19(2,11-20)10-12-6-5-9-15-16(12)18(22)14-8-4-3-7-13(14)17(15)21;18-11-8-10-4-3-7-14-16(10)15(9-11)12-5-1-2-6-13(12)17(14)19;1-9-5-4-8-12-13(9)15(17)11-7-3-2-6-10(11)14(12)16;15-11-7-3-6-10-12(11)14(17)9-5-2-1-4-8(9)13(10)16/h3-9H,10H2,1-2H3;1-9,18H;2-8H,1H3;1-7H,15H2. The van der Waals surface area contributed by atoms with Gasteiger partial charge in [-0.25, -0.2) is 0 Å². The Labute approximate surface area is 431 Å². The van der Waals surface area contributed by atoms with Gasteiger partial charge in [-0.2, -0.15) is 5.26 Å². The molecule has 362 valence electrons. The maximum Gasteiger partial charge on any atom is 0.196 e. The van der Waals surface area contributed by atoms with Crippen molar-refractivity contribution in [2.45, 2.75) is 27.2 Å². The first-order chi connectivity index (χ1) is 36.1. The molecule has 0 fully saturated rings. The molecule has 9 aromatic carbocycles. The second-order valence-corrected chi connectivity index (χ2v) is 19.2. The summed E-state index contributed by atoms with van der Waals surface area (Å²) in [5, 5.41) is 20.9. The summed E-state index contributed by atoms with van der Waals surface area (Å²) in [6.07, 6.45) is 0.438. The van der Waals surface area contributed by atoms with E-state index in [1.807, 2.05) is 81.4 Å². The van der Waals surface area contributed by atoms with Gasteiger partial charge >= 0.3 is 0 Å². The Kier molecular flexibility index (Phi) is 12.5. The van der Waals surface area contributed by atoms with E-state index in [2.05, 4.69) is 6.07 Å². The molecule has 0 amide bonds. The van der Waals surface area contributed by atoms with Gasteiger partial charge in [0.1, 0.15) is 5.75 Å². The van der Waals surface area contributed by atoms with Crippen LogP contribution in [0.4, 0.5) is 5.69 Å². The van der Waals surface area contributed by atoms with Gasteiger partial charge < -0.3 is 10.8 Å². The number of ketones is 7. The van der Waals surface area contributed by atoms with Crippen LogP contribution < -0.4 is 5.73 Å². The first-order valence-corrected chi connectivity index (χ1v) is 24.1. The predicted molar refractivity (Wildman–Crippen MR) is 286 cm³/mol. The van der Waals surface area contributed by atoms with Gasteiger partial charge in [-0.1, -0.05) is 164 Å². The molecular weight excluding hydrogens is 937 g/mol. The number of anilines is 1. The summed E-state index contributed by atoms with van der Waals surface area (Å²) in [6.45, 7) is 5.52. The number of phenols is 1.